The Labute approximate surface area is 131 Å². The Balaban J connectivity index is 2.23. The first-order valence-electron chi connectivity index (χ1n) is 6.67. The van der Waals surface area contributed by atoms with Crippen LogP contribution in [0.5, 0.6) is 5.75 Å². The van der Waals surface area contributed by atoms with E-state index in [4.69, 9.17) is 9.47 Å². The van der Waals surface area contributed by atoms with Crippen molar-refractivity contribution in [3.8, 4) is 5.75 Å². The number of nitrogens with one attached hydrogen (secondary N) is 1. The fourth-order valence-electron chi connectivity index (χ4n) is 1.87. The summed E-state index contributed by atoms with van der Waals surface area (Å²) < 4.78 is 39.1. The molecular weight excluding hydrogens is 312 g/mol. The predicted octanol–water partition coefficient (Wildman–Crippen LogP) is 2.73. The lowest BCUT2D eigenvalue weighted by Gasteiger charge is -2.29. The van der Waals surface area contributed by atoms with Gasteiger partial charge >= 0.3 is 18.6 Å². The molecule has 8 heteroatoms. The number of ether oxygens (including phenoxy) is 3. The van der Waals surface area contributed by atoms with E-state index in [-0.39, 0.29) is 17.0 Å². The lowest BCUT2D eigenvalue weighted by molar-refractivity contribution is -0.222. The van der Waals surface area contributed by atoms with E-state index in [1.54, 1.807) is 13.0 Å². The first kappa shape index (κ1) is 16.7. The molecular formula is C15H15F2NO5. The van der Waals surface area contributed by atoms with Gasteiger partial charge in [0.15, 0.2) is 5.57 Å². The van der Waals surface area contributed by atoms with Gasteiger partial charge in [0, 0.05) is 20.0 Å². The van der Waals surface area contributed by atoms with E-state index < -0.39 is 24.3 Å². The Hall–Kier alpha value is -2.64. The van der Waals surface area contributed by atoms with Crippen LogP contribution < -0.4 is 10.1 Å². The highest BCUT2D eigenvalue weighted by atomic mass is 19.3. The first-order valence-corrected chi connectivity index (χ1v) is 6.67. The molecule has 1 aromatic rings. The number of hydrogen-bond acceptors (Lipinski definition) is 6. The number of benzene rings is 1. The minimum atomic E-state index is -3.00. The third-order valence-electron chi connectivity index (χ3n) is 2.84. The number of esters is 2. The van der Waals surface area contributed by atoms with Crippen molar-refractivity contribution in [3.05, 3.63) is 35.5 Å². The number of hydrogen-bond donors (Lipinski definition) is 1. The molecule has 1 aromatic carbocycles. The normalized spacial score (nSPS) is 16.7. The Kier molecular flexibility index (Phi) is 4.53. The number of halogens is 2. The average Bonchev–Trinajstić information content (AvgIpc) is 2.37. The Morgan fingerprint density at radius 3 is 2.39 bits per heavy atom. The van der Waals surface area contributed by atoms with E-state index in [1.165, 1.54) is 26.0 Å². The number of cyclic esters (lactones) is 2. The molecule has 1 saturated heterocycles. The summed E-state index contributed by atoms with van der Waals surface area (Å²) >= 11 is 0. The fraction of sp³-hybridized carbons (Fsp3) is 0.333. The van der Waals surface area contributed by atoms with Gasteiger partial charge < -0.3 is 19.5 Å². The third-order valence-corrected chi connectivity index (χ3v) is 2.84. The molecule has 23 heavy (non-hydrogen) atoms. The van der Waals surface area contributed by atoms with Crippen molar-refractivity contribution in [2.45, 2.75) is 33.2 Å². The number of anilines is 1. The lowest BCUT2D eigenvalue weighted by atomic mass is 10.2. The fourth-order valence-corrected chi connectivity index (χ4v) is 1.87. The molecule has 6 nitrogen and oxygen atoms in total. The van der Waals surface area contributed by atoms with Gasteiger partial charge in [-0.25, -0.2) is 9.59 Å². The van der Waals surface area contributed by atoms with Crippen LogP contribution in [0.3, 0.4) is 0 Å². The number of rotatable bonds is 4. The number of alkyl halides is 2. The minimum absolute atomic E-state index is 0.116. The van der Waals surface area contributed by atoms with Gasteiger partial charge in [-0.3, -0.25) is 0 Å². The highest BCUT2D eigenvalue weighted by Gasteiger charge is 2.38. The highest BCUT2D eigenvalue weighted by molar-refractivity contribution is 6.15. The molecule has 0 bridgehead atoms. The molecule has 0 spiro atoms. The van der Waals surface area contributed by atoms with Gasteiger partial charge in [0.2, 0.25) is 0 Å². The van der Waals surface area contributed by atoms with Crippen LogP contribution in [0.1, 0.15) is 19.4 Å². The second-order valence-corrected chi connectivity index (χ2v) is 5.26. The Bertz CT molecular complexity index is 648. The van der Waals surface area contributed by atoms with Crippen molar-refractivity contribution >= 4 is 17.6 Å². The molecule has 1 aliphatic heterocycles. The van der Waals surface area contributed by atoms with Gasteiger partial charge in [0.05, 0.1) is 5.69 Å². The van der Waals surface area contributed by atoms with Crippen LogP contribution >= 0.6 is 0 Å². The van der Waals surface area contributed by atoms with E-state index in [0.717, 1.165) is 6.20 Å². The Morgan fingerprint density at radius 1 is 1.22 bits per heavy atom. The number of carbonyl (C=O) groups is 2. The molecule has 0 radical (unpaired) electrons. The van der Waals surface area contributed by atoms with Crippen molar-refractivity contribution in [2.75, 3.05) is 5.32 Å². The second kappa shape index (κ2) is 6.23. The quantitative estimate of drug-likeness (QED) is 0.521. The summed E-state index contributed by atoms with van der Waals surface area (Å²) in [5.74, 6) is -3.21. The molecule has 0 aliphatic carbocycles. The predicted molar refractivity (Wildman–Crippen MR) is 75.8 cm³/mol. The monoisotopic (exact) mass is 327 g/mol. The molecule has 1 N–H and O–H groups in total. The summed E-state index contributed by atoms with van der Waals surface area (Å²) in [4.78, 5) is 23.6. The largest absolute Gasteiger partial charge is 0.433 e. The van der Waals surface area contributed by atoms with E-state index in [9.17, 15) is 18.4 Å². The zero-order valence-corrected chi connectivity index (χ0v) is 12.7. The molecule has 0 amide bonds. The topological polar surface area (TPSA) is 73.9 Å². The molecule has 124 valence electrons. The zero-order valence-electron chi connectivity index (χ0n) is 12.7. The summed E-state index contributed by atoms with van der Waals surface area (Å²) in [6.07, 6.45) is 1.03. The van der Waals surface area contributed by atoms with Crippen LogP contribution in [0.25, 0.3) is 0 Å². The maximum Gasteiger partial charge on any atom is 0.387 e. The minimum Gasteiger partial charge on any atom is -0.433 e. The Morgan fingerprint density at radius 2 is 1.83 bits per heavy atom. The molecule has 0 aromatic heterocycles. The lowest BCUT2D eigenvalue weighted by Crippen LogP contribution is -2.42. The van der Waals surface area contributed by atoms with Crippen molar-refractivity contribution in [2.24, 2.45) is 0 Å². The molecule has 0 atom stereocenters. The van der Waals surface area contributed by atoms with Gasteiger partial charge in [-0.1, -0.05) is 6.07 Å². The maximum atomic E-state index is 12.4. The molecule has 1 fully saturated rings. The van der Waals surface area contributed by atoms with Crippen LogP contribution in [0, 0.1) is 6.92 Å². The van der Waals surface area contributed by atoms with Gasteiger partial charge in [0.1, 0.15) is 5.75 Å². The number of carbonyl (C=O) groups excluding carboxylic acids is 2. The van der Waals surface area contributed by atoms with E-state index in [2.05, 4.69) is 10.1 Å². The van der Waals surface area contributed by atoms with Crippen LogP contribution in [-0.2, 0) is 19.1 Å². The van der Waals surface area contributed by atoms with Crippen LogP contribution in [-0.4, -0.2) is 24.3 Å². The molecule has 1 aliphatic rings. The van der Waals surface area contributed by atoms with Crippen LogP contribution in [0.4, 0.5) is 14.5 Å². The maximum absolute atomic E-state index is 12.4. The first-order chi connectivity index (χ1) is 10.7. The van der Waals surface area contributed by atoms with E-state index in [1.807, 2.05) is 0 Å². The standard InChI is InChI=1S/C15H15F2NO5/c1-8-4-5-10(11(6-8)21-14(16)17)18-7-9-12(19)22-15(2,3)23-13(9)20/h4-7,14,18H,1-3H3. The van der Waals surface area contributed by atoms with Crippen molar-refractivity contribution < 1.29 is 32.6 Å². The zero-order chi connectivity index (χ0) is 17.2. The number of aryl methyl sites for hydroxylation is 1. The van der Waals surface area contributed by atoms with Crippen molar-refractivity contribution in [1.82, 2.24) is 0 Å². The van der Waals surface area contributed by atoms with E-state index in [0.29, 0.717) is 5.56 Å². The molecule has 0 saturated carbocycles. The summed E-state index contributed by atoms with van der Waals surface area (Å²) in [6.45, 7) is 1.54. The average molecular weight is 327 g/mol. The SMILES string of the molecule is Cc1ccc(NC=C2C(=O)OC(C)(C)OC2=O)c(OC(F)F)c1. The summed E-state index contributed by atoms with van der Waals surface area (Å²) in [6, 6.07) is 4.53. The smallest absolute Gasteiger partial charge is 0.387 e. The summed E-state index contributed by atoms with van der Waals surface area (Å²) in [7, 11) is 0. The van der Waals surface area contributed by atoms with Crippen molar-refractivity contribution in [1.29, 1.82) is 0 Å². The van der Waals surface area contributed by atoms with Crippen molar-refractivity contribution in [3.63, 3.8) is 0 Å². The van der Waals surface area contributed by atoms with Crippen LogP contribution in [0.15, 0.2) is 30.0 Å². The highest BCUT2D eigenvalue weighted by Crippen LogP contribution is 2.28. The molecule has 1 heterocycles. The van der Waals surface area contributed by atoms with E-state index >= 15 is 0 Å². The van der Waals surface area contributed by atoms with Gasteiger partial charge in [0.25, 0.3) is 5.79 Å². The molecule has 2 rings (SSSR count). The molecule has 0 unspecified atom stereocenters. The van der Waals surface area contributed by atoms with Crippen LogP contribution in [0.2, 0.25) is 0 Å². The third kappa shape index (κ3) is 4.18. The second-order valence-electron chi connectivity index (χ2n) is 5.26. The summed E-state index contributed by atoms with van der Waals surface area (Å²) in [5, 5.41) is 2.58. The van der Waals surface area contributed by atoms with Gasteiger partial charge in [-0.15, -0.1) is 0 Å². The summed E-state index contributed by atoms with van der Waals surface area (Å²) in [5.41, 5.74) is 0.485. The van der Waals surface area contributed by atoms with Gasteiger partial charge in [-0.2, -0.15) is 8.78 Å². The van der Waals surface area contributed by atoms with Gasteiger partial charge in [-0.05, 0) is 24.6 Å².